The number of hydrogen-bond donors (Lipinski definition) is 1. The van der Waals surface area contributed by atoms with Gasteiger partial charge in [-0.15, -0.1) is 0 Å². The van der Waals surface area contributed by atoms with E-state index < -0.39 is 6.10 Å². The lowest BCUT2D eigenvalue weighted by Gasteiger charge is -2.14. The van der Waals surface area contributed by atoms with Crippen molar-refractivity contribution in [2.24, 2.45) is 0 Å². The maximum absolute atomic E-state index is 10.5. The predicted molar refractivity (Wildman–Crippen MR) is 84.8 cm³/mol. The highest BCUT2D eigenvalue weighted by Crippen LogP contribution is 2.22. The Morgan fingerprint density at radius 1 is 1.05 bits per heavy atom. The number of benzene rings is 2. The van der Waals surface area contributed by atoms with Crippen LogP contribution < -0.4 is 4.74 Å². The first-order valence-electron chi connectivity index (χ1n) is 7.15. The molecule has 0 saturated carbocycles. The highest BCUT2D eigenvalue weighted by molar-refractivity contribution is 5.29. The highest BCUT2D eigenvalue weighted by Gasteiger charge is 2.15. The number of aliphatic hydroxyl groups excluding tert-OH is 1. The maximum Gasteiger partial charge on any atom is 0.121 e. The zero-order valence-electron chi connectivity index (χ0n) is 12.4. The first-order valence-corrected chi connectivity index (χ1v) is 7.15. The quantitative estimate of drug-likeness (QED) is 0.787. The van der Waals surface area contributed by atoms with Crippen LogP contribution >= 0.6 is 0 Å². The van der Waals surface area contributed by atoms with Gasteiger partial charge in [0.1, 0.15) is 11.9 Å². The van der Waals surface area contributed by atoms with Crippen molar-refractivity contribution in [3.8, 4) is 5.75 Å². The van der Waals surface area contributed by atoms with Crippen molar-refractivity contribution in [1.82, 2.24) is 9.78 Å². The summed E-state index contributed by atoms with van der Waals surface area (Å²) in [5.74, 6) is 0.828. The minimum absolute atomic E-state index is 0.607. The van der Waals surface area contributed by atoms with Crippen molar-refractivity contribution in [3.63, 3.8) is 0 Å². The molecule has 0 fully saturated rings. The third kappa shape index (κ3) is 3.02. The van der Waals surface area contributed by atoms with E-state index in [-0.39, 0.29) is 0 Å². The average Bonchev–Trinajstić information content (AvgIpc) is 3.04. The molecule has 1 N–H and O–H groups in total. The van der Waals surface area contributed by atoms with Crippen LogP contribution in [0, 0.1) is 0 Å². The summed E-state index contributed by atoms with van der Waals surface area (Å²) in [7, 11) is 1.65. The lowest BCUT2D eigenvalue weighted by Crippen LogP contribution is -2.11. The Balaban J connectivity index is 1.82. The van der Waals surface area contributed by atoms with E-state index in [9.17, 15) is 5.11 Å². The average molecular weight is 294 g/mol. The molecule has 4 heteroatoms. The summed E-state index contributed by atoms with van der Waals surface area (Å²) >= 11 is 0. The molecule has 0 radical (unpaired) electrons. The first kappa shape index (κ1) is 14.4. The third-order valence-electron chi connectivity index (χ3n) is 3.64. The highest BCUT2D eigenvalue weighted by atomic mass is 16.5. The van der Waals surface area contributed by atoms with Crippen LogP contribution in [0.15, 0.2) is 66.9 Å². The maximum atomic E-state index is 10.5. The normalized spacial score (nSPS) is 12.1. The van der Waals surface area contributed by atoms with Crippen molar-refractivity contribution in [3.05, 3.63) is 83.7 Å². The number of methoxy groups -OCH3 is 1. The second kappa shape index (κ2) is 6.45. The largest absolute Gasteiger partial charge is 0.497 e. The molecule has 0 aliphatic heterocycles. The van der Waals surface area contributed by atoms with Gasteiger partial charge in [-0.3, -0.25) is 4.68 Å². The zero-order chi connectivity index (χ0) is 15.4. The van der Waals surface area contributed by atoms with Crippen LogP contribution in [0.3, 0.4) is 0 Å². The fourth-order valence-electron chi connectivity index (χ4n) is 2.42. The van der Waals surface area contributed by atoms with Crippen molar-refractivity contribution in [2.75, 3.05) is 7.11 Å². The smallest absolute Gasteiger partial charge is 0.121 e. The number of ether oxygens (including phenoxy) is 1. The summed E-state index contributed by atoms with van der Waals surface area (Å²) in [5, 5.41) is 14.9. The summed E-state index contributed by atoms with van der Waals surface area (Å²) in [4.78, 5) is 0. The van der Waals surface area contributed by atoms with Gasteiger partial charge in [0.15, 0.2) is 0 Å². The molecule has 1 atom stereocenters. The number of rotatable bonds is 5. The Labute approximate surface area is 129 Å². The molecule has 1 unspecified atom stereocenters. The minimum Gasteiger partial charge on any atom is -0.497 e. The lowest BCUT2D eigenvalue weighted by molar-refractivity contribution is 0.208. The van der Waals surface area contributed by atoms with Crippen LogP contribution in [0.4, 0.5) is 0 Å². The van der Waals surface area contributed by atoms with Gasteiger partial charge in [0, 0.05) is 6.20 Å². The molecule has 4 nitrogen and oxygen atoms in total. The van der Waals surface area contributed by atoms with Gasteiger partial charge in [-0.25, -0.2) is 0 Å². The fraction of sp³-hybridized carbons (Fsp3) is 0.167. The summed E-state index contributed by atoms with van der Waals surface area (Å²) in [5.41, 5.74) is 2.74. The van der Waals surface area contributed by atoms with E-state index in [4.69, 9.17) is 4.74 Å². The second-order valence-electron chi connectivity index (χ2n) is 5.08. The number of aromatic nitrogens is 2. The number of hydrogen-bond acceptors (Lipinski definition) is 3. The van der Waals surface area contributed by atoms with Crippen molar-refractivity contribution in [1.29, 1.82) is 0 Å². The SMILES string of the molecule is COc1ccc(Cn2nccc2C(O)c2ccccc2)cc1. The summed E-state index contributed by atoms with van der Waals surface area (Å²) < 4.78 is 6.98. The van der Waals surface area contributed by atoms with Crippen molar-refractivity contribution in [2.45, 2.75) is 12.6 Å². The van der Waals surface area contributed by atoms with E-state index in [1.165, 1.54) is 0 Å². The van der Waals surface area contributed by atoms with Crippen LogP contribution in [-0.2, 0) is 6.54 Å². The Morgan fingerprint density at radius 3 is 2.45 bits per heavy atom. The molecule has 22 heavy (non-hydrogen) atoms. The van der Waals surface area contributed by atoms with Crippen LogP contribution in [0.1, 0.15) is 22.9 Å². The summed E-state index contributed by atoms with van der Waals surface area (Å²) in [6, 6.07) is 19.3. The lowest BCUT2D eigenvalue weighted by atomic mass is 10.1. The molecule has 0 spiro atoms. The molecular formula is C18H18N2O2. The van der Waals surface area contributed by atoms with Gasteiger partial charge in [0.05, 0.1) is 19.3 Å². The molecule has 3 aromatic rings. The Hall–Kier alpha value is -2.59. The molecule has 1 heterocycles. The van der Waals surface area contributed by atoms with Gasteiger partial charge in [-0.1, -0.05) is 42.5 Å². The molecule has 0 aliphatic rings. The number of aliphatic hydroxyl groups is 1. The molecule has 1 aromatic heterocycles. The van der Waals surface area contributed by atoms with Crippen LogP contribution in [-0.4, -0.2) is 22.0 Å². The van der Waals surface area contributed by atoms with Crippen LogP contribution in [0.2, 0.25) is 0 Å². The topological polar surface area (TPSA) is 47.3 Å². The van der Waals surface area contributed by atoms with Crippen molar-refractivity contribution < 1.29 is 9.84 Å². The fourth-order valence-corrected chi connectivity index (χ4v) is 2.42. The van der Waals surface area contributed by atoms with Crippen LogP contribution in [0.5, 0.6) is 5.75 Å². The third-order valence-corrected chi connectivity index (χ3v) is 3.64. The second-order valence-corrected chi connectivity index (χ2v) is 5.08. The molecular weight excluding hydrogens is 276 g/mol. The van der Waals surface area contributed by atoms with E-state index in [1.807, 2.05) is 65.3 Å². The monoisotopic (exact) mass is 294 g/mol. The van der Waals surface area contributed by atoms with Gasteiger partial charge < -0.3 is 9.84 Å². The zero-order valence-corrected chi connectivity index (χ0v) is 12.4. The summed E-state index contributed by atoms with van der Waals surface area (Å²) in [6.45, 7) is 0.607. The number of nitrogens with zero attached hydrogens (tertiary/aromatic N) is 2. The van der Waals surface area contributed by atoms with Gasteiger partial charge in [0.2, 0.25) is 0 Å². The predicted octanol–water partition coefficient (Wildman–Crippen LogP) is 3.02. The van der Waals surface area contributed by atoms with E-state index in [0.717, 1.165) is 22.6 Å². The molecule has 0 bridgehead atoms. The van der Waals surface area contributed by atoms with E-state index in [2.05, 4.69) is 5.10 Å². The van der Waals surface area contributed by atoms with Gasteiger partial charge in [0.25, 0.3) is 0 Å². The molecule has 3 rings (SSSR count). The molecule has 0 saturated heterocycles. The first-order chi connectivity index (χ1) is 10.8. The Morgan fingerprint density at radius 2 is 1.77 bits per heavy atom. The van der Waals surface area contributed by atoms with Crippen molar-refractivity contribution >= 4 is 0 Å². The Bertz CT molecular complexity index is 720. The molecule has 112 valence electrons. The van der Waals surface area contributed by atoms with E-state index in [0.29, 0.717) is 6.54 Å². The van der Waals surface area contributed by atoms with Gasteiger partial charge >= 0.3 is 0 Å². The van der Waals surface area contributed by atoms with E-state index >= 15 is 0 Å². The standard InChI is InChI=1S/C18H18N2O2/c1-22-16-9-7-14(8-10-16)13-20-17(11-12-19-20)18(21)15-5-3-2-4-6-15/h2-12,18,21H,13H2,1H3. The van der Waals surface area contributed by atoms with Gasteiger partial charge in [-0.05, 0) is 29.3 Å². The molecule has 0 aliphatic carbocycles. The van der Waals surface area contributed by atoms with Gasteiger partial charge in [-0.2, -0.15) is 5.10 Å². The minimum atomic E-state index is -0.679. The Kier molecular flexibility index (Phi) is 4.21. The molecule has 2 aromatic carbocycles. The molecule has 0 amide bonds. The summed E-state index contributed by atoms with van der Waals surface area (Å²) in [6.07, 6.45) is 1.03. The van der Waals surface area contributed by atoms with Crippen LogP contribution in [0.25, 0.3) is 0 Å². The van der Waals surface area contributed by atoms with E-state index in [1.54, 1.807) is 13.3 Å².